The molecule has 0 unspecified atom stereocenters. The molecule has 6 saturated heterocycles. The van der Waals surface area contributed by atoms with Crippen LogP contribution < -0.4 is 0 Å². The standard InChI is InChI=1S/C64H104O32/c1-25-45(91-51-42(79)35(72)29(71)21-85-51)41(78)44(81)52(87-25)94-48-46(92-56-49(82)64(84,23-69)24-86-56)38(75)32(20-67)90-55(48)96-57(83)63-14-12-58(2,3)16-27(63)26-8-9-34-59(4)17-28(70)50(60(5,22-68)33(59)10-11-62(34,7)61(26,6)13-15-63)95-54-47(40(77)37(74)31(19-66)89-54)93-53-43(80)39(76)36(73)30(18-65)88-53/h8,25,27-56,65-82,84H,9-24H2,1-7H3/t25-,27-,28-,29+,30+,31+,32+,33+,34+,35-,36+,37+,38+,39-,40-,41-,42+,43+,44+,45-,46-,47+,48+,49-,50-,51-,52-,53-,54-,55-,56-,59-,60-,61+,62+,63-,64+/m0/s1. The minimum atomic E-state index is -2.24. The monoisotopic (exact) mass is 1380 g/mol. The largest absolute Gasteiger partial charge is 0.432 e. The number of rotatable bonds is 17. The maximum atomic E-state index is 16.0. The number of allylic oxidation sites excluding steroid dienone is 2. The highest BCUT2D eigenvalue weighted by atomic mass is 16.8. The zero-order chi connectivity index (χ0) is 70.1. The average Bonchev–Trinajstić information content (AvgIpc) is 0.707. The summed E-state index contributed by atoms with van der Waals surface area (Å²) in [6.45, 7) is 8.95. The van der Waals surface area contributed by atoms with Gasteiger partial charge in [0.25, 0.3) is 0 Å². The van der Waals surface area contributed by atoms with Crippen LogP contribution in [0.15, 0.2) is 11.6 Å². The number of esters is 1. The van der Waals surface area contributed by atoms with Crippen LogP contribution in [-0.4, -0.2) is 327 Å². The van der Waals surface area contributed by atoms with Crippen LogP contribution in [0.2, 0.25) is 0 Å². The molecule has 96 heavy (non-hydrogen) atoms. The van der Waals surface area contributed by atoms with E-state index in [4.69, 9.17) is 56.8 Å². The third-order valence-corrected chi connectivity index (χ3v) is 25.0. The number of hydrogen-bond donors (Lipinski definition) is 19. The van der Waals surface area contributed by atoms with Crippen molar-refractivity contribution in [2.24, 2.45) is 50.2 Å². The van der Waals surface area contributed by atoms with Crippen LogP contribution in [0.1, 0.15) is 106 Å². The quantitative estimate of drug-likeness (QED) is 0.0366. The summed E-state index contributed by atoms with van der Waals surface area (Å²) < 4.78 is 72.6. The number of ether oxygens (including phenoxy) is 12. The fourth-order valence-electron chi connectivity index (χ4n) is 19.0. The van der Waals surface area contributed by atoms with E-state index in [0.717, 1.165) is 5.57 Å². The zero-order valence-electron chi connectivity index (χ0n) is 55.1. The molecule has 0 aromatic heterocycles. The lowest BCUT2D eigenvalue weighted by molar-refractivity contribution is -0.384. The fraction of sp³-hybridized carbons (Fsp3) is 0.953. The first-order valence-corrected chi connectivity index (χ1v) is 33.7. The predicted molar refractivity (Wildman–Crippen MR) is 317 cm³/mol. The van der Waals surface area contributed by atoms with E-state index in [1.54, 1.807) is 6.92 Å². The molecular formula is C64H104O32. The van der Waals surface area contributed by atoms with E-state index < -0.39 is 263 Å². The van der Waals surface area contributed by atoms with E-state index in [-0.39, 0.29) is 30.1 Å². The van der Waals surface area contributed by atoms with Gasteiger partial charge in [0.1, 0.15) is 115 Å². The average molecular weight is 1390 g/mol. The summed E-state index contributed by atoms with van der Waals surface area (Å²) in [6, 6.07) is 0. The maximum Gasteiger partial charge on any atom is 0.315 e. The van der Waals surface area contributed by atoms with Crippen LogP contribution in [0.3, 0.4) is 0 Å². The molecular weight excluding hydrogens is 1280 g/mol. The Morgan fingerprint density at radius 2 is 1.08 bits per heavy atom. The van der Waals surface area contributed by atoms with Gasteiger partial charge in [-0.25, -0.2) is 0 Å². The summed E-state index contributed by atoms with van der Waals surface area (Å²) >= 11 is 0. The molecule has 0 radical (unpaired) electrons. The summed E-state index contributed by atoms with van der Waals surface area (Å²) in [6.07, 6.45) is -41.9. The van der Waals surface area contributed by atoms with E-state index in [1.807, 2.05) is 0 Å². The Bertz CT molecular complexity index is 2720. The lowest BCUT2D eigenvalue weighted by Crippen LogP contribution is -2.70. The molecule has 0 aromatic rings. The molecule has 11 rings (SSSR count). The van der Waals surface area contributed by atoms with Crippen molar-refractivity contribution < 1.29 is 159 Å². The Balaban J connectivity index is 0.873. The normalized spacial score (nSPS) is 55.0. The molecule has 0 spiro atoms. The van der Waals surface area contributed by atoms with Crippen LogP contribution in [0, 0.1) is 50.2 Å². The van der Waals surface area contributed by atoms with Crippen molar-refractivity contribution in [2.75, 3.05) is 46.2 Å². The Labute approximate surface area is 555 Å². The van der Waals surface area contributed by atoms with Crippen LogP contribution >= 0.6 is 0 Å². The predicted octanol–water partition coefficient (Wildman–Crippen LogP) is -6.14. The highest BCUT2D eigenvalue weighted by molar-refractivity contribution is 5.79. The molecule has 11 aliphatic rings. The van der Waals surface area contributed by atoms with E-state index in [9.17, 15) is 97.0 Å². The van der Waals surface area contributed by atoms with Crippen molar-refractivity contribution in [3.8, 4) is 0 Å². The van der Waals surface area contributed by atoms with Crippen LogP contribution in [-0.2, 0) is 61.6 Å². The van der Waals surface area contributed by atoms with Gasteiger partial charge in [-0.15, -0.1) is 0 Å². The van der Waals surface area contributed by atoms with E-state index >= 15 is 4.79 Å². The Morgan fingerprint density at radius 1 is 0.521 bits per heavy atom. The van der Waals surface area contributed by atoms with Gasteiger partial charge in [0.2, 0.25) is 6.29 Å². The highest BCUT2D eigenvalue weighted by Crippen LogP contribution is 2.76. The van der Waals surface area contributed by atoms with Gasteiger partial charge in [0, 0.05) is 5.41 Å². The third kappa shape index (κ3) is 12.5. The molecule has 5 aliphatic carbocycles. The van der Waals surface area contributed by atoms with Crippen molar-refractivity contribution in [3.63, 3.8) is 0 Å². The molecule has 0 amide bonds. The molecule has 6 heterocycles. The molecule has 10 fully saturated rings. The minimum absolute atomic E-state index is 0.127. The molecule has 19 N–H and O–H groups in total. The highest BCUT2D eigenvalue weighted by Gasteiger charge is 2.72. The first kappa shape index (κ1) is 75.2. The third-order valence-electron chi connectivity index (χ3n) is 25.0. The molecule has 0 bridgehead atoms. The first-order valence-electron chi connectivity index (χ1n) is 33.7. The lowest BCUT2D eigenvalue weighted by Gasteiger charge is -2.72. The second-order valence-electron chi connectivity index (χ2n) is 31.1. The molecule has 0 aromatic carbocycles. The summed E-state index contributed by atoms with van der Waals surface area (Å²) in [5, 5.41) is 209. The molecule has 552 valence electrons. The molecule has 37 atom stereocenters. The van der Waals surface area contributed by atoms with E-state index in [1.165, 1.54) is 6.92 Å². The zero-order valence-corrected chi connectivity index (χ0v) is 55.1. The van der Waals surface area contributed by atoms with E-state index in [0.29, 0.717) is 44.9 Å². The van der Waals surface area contributed by atoms with Gasteiger partial charge in [-0.2, -0.15) is 0 Å². The molecule has 6 aliphatic heterocycles. The number of hydrogen-bond acceptors (Lipinski definition) is 32. The number of carbonyl (C=O) groups is 1. The molecule has 32 heteroatoms. The van der Waals surface area contributed by atoms with Crippen LogP contribution in [0.5, 0.6) is 0 Å². The summed E-state index contributed by atoms with van der Waals surface area (Å²) in [7, 11) is 0. The number of aliphatic hydroxyl groups is 19. The first-order chi connectivity index (χ1) is 45.1. The molecule has 32 nitrogen and oxygen atoms in total. The lowest BCUT2D eigenvalue weighted by atomic mass is 9.33. The van der Waals surface area contributed by atoms with Crippen molar-refractivity contribution in [1.82, 2.24) is 0 Å². The number of aliphatic hydroxyl groups excluding tert-OH is 18. The van der Waals surface area contributed by atoms with Gasteiger partial charge < -0.3 is 154 Å². The summed E-state index contributed by atoms with van der Waals surface area (Å²) in [5.41, 5.74) is -5.95. The van der Waals surface area contributed by atoms with Gasteiger partial charge >= 0.3 is 5.97 Å². The smallest absolute Gasteiger partial charge is 0.315 e. The Kier molecular flexibility index (Phi) is 21.8. The van der Waals surface area contributed by atoms with Crippen molar-refractivity contribution in [1.29, 1.82) is 0 Å². The Morgan fingerprint density at radius 3 is 1.73 bits per heavy atom. The van der Waals surface area contributed by atoms with Crippen molar-refractivity contribution in [3.05, 3.63) is 11.6 Å². The second-order valence-corrected chi connectivity index (χ2v) is 31.1. The summed E-state index contributed by atoms with van der Waals surface area (Å²) in [4.78, 5) is 16.0. The van der Waals surface area contributed by atoms with Crippen LogP contribution in [0.25, 0.3) is 0 Å². The van der Waals surface area contributed by atoms with Gasteiger partial charge in [-0.1, -0.05) is 53.2 Å². The van der Waals surface area contributed by atoms with Gasteiger partial charge in [0.05, 0.1) is 70.0 Å². The fourth-order valence-corrected chi connectivity index (χ4v) is 19.0. The van der Waals surface area contributed by atoms with Gasteiger partial charge in [0.15, 0.2) is 37.6 Å². The Hall–Kier alpha value is -1.99. The van der Waals surface area contributed by atoms with Crippen LogP contribution in [0.4, 0.5) is 0 Å². The second kappa shape index (κ2) is 27.9. The maximum absolute atomic E-state index is 16.0. The van der Waals surface area contributed by atoms with Gasteiger partial charge in [-0.3, -0.25) is 4.79 Å². The number of fused-ring (bicyclic) bond motifs is 7. The number of carbonyl (C=O) groups excluding carboxylic acids is 1. The van der Waals surface area contributed by atoms with Crippen molar-refractivity contribution in [2.45, 2.75) is 284 Å². The minimum Gasteiger partial charge on any atom is -0.432 e. The van der Waals surface area contributed by atoms with Gasteiger partial charge in [-0.05, 0) is 104 Å². The van der Waals surface area contributed by atoms with E-state index in [2.05, 4.69) is 40.7 Å². The SMILES string of the molecule is C[C@@H]1O[C@@H](O[C@H]2[C@H](OC(=O)[C@]34CCC(C)(C)C[C@H]3C3=CC[C@@H]5[C@@]6(C)C[C@H](O)[C@H](O[C@@H]7O[C@H](CO)[C@@H](O)[C@H](O)[C@H]7O[C@@H]7O[C@H](CO)[C@@H](O)[C@H](O)[C@H]7O)[C@@](C)(CO)[C@@H]6CC[C@@]5(C)[C@]3(C)CC4)O[C@H](CO)[C@@H](O)[C@@H]2O[C@@H]2OC[C@](O)(CO)[C@H]2O)[C@H](O)[C@H](O)[C@H]1O[C@@H]1OC[C@@H](O)[C@H](O)[C@H]1O. The topological polar surface area (TPSA) is 512 Å². The van der Waals surface area contributed by atoms with Crippen molar-refractivity contribution >= 4 is 5.97 Å². The molecule has 4 saturated carbocycles. The summed E-state index contributed by atoms with van der Waals surface area (Å²) in [5.74, 6) is -1.76.